The number of benzene rings is 4. The van der Waals surface area contributed by atoms with Crippen LogP contribution in [0, 0.1) is 0 Å². The molecule has 0 spiro atoms. The van der Waals surface area contributed by atoms with Crippen LogP contribution in [0.4, 0.5) is 5.69 Å². The Morgan fingerprint density at radius 1 is 0.800 bits per heavy atom. The van der Waals surface area contributed by atoms with Crippen molar-refractivity contribution in [1.82, 2.24) is 0 Å². The third-order valence-corrected chi connectivity index (χ3v) is 5.26. The molecule has 0 aromatic heterocycles. The minimum atomic E-state index is 0.463. The first kappa shape index (κ1) is 20.1. The summed E-state index contributed by atoms with van der Waals surface area (Å²) >= 11 is 6.59. The lowest BCUT2D eigenvalue weighted by molar-refractivity contribution is 0.269. The zero-order valence-corrected chi connectivity index (χ0v) is 17.7. The monoisotopic (exact) mass is 417 g/mol. The van der Waals surface area contributed by atoms with Gasteiger partial charge in [0.15, 0.2) is 11.5 Å². The van der Waals surface area contributed by atoms with Crippen molar-refractivity contribution in [1.29, 1.82) is 0 Å². The molecule has 0 aliphatic carbocycles. The van der Waals surface area contributed by atoms with Crippen LogP contribution in [0.2, 0.25) is 5.02 Å². The summed E-state index contributed by atoms with van der Waals surface area (Å²) in [6.45, 7) is 3.57. The number of fused-ring (bicyclic) bond motifs is 1. The molecular weight excluding hydrogens is 394 g/mol. The number of hydrogen-bond acceptors (Lipinski definition) is 3. The van der Waals surface area contributed by atoms with Gasteiger partial charge in [-0.15, -0.1) is 0 Å². The van der Waals surface area contributed by atoms with Gasteiger partial charge in [-0.3, -0.25) is 0 Å². The Labute approximate surface area is 182 Å². The standard InChI is InChI=1S/C26H24ClNO2/c1-2-29-25-15-21(17-28-24-14-8-12-20-11-6-7-13-22(20)24)23(27)16-26(25)30-18-19-9-4-3-5-10-19/h3-16,28H,2,17-18H2,1H3. The van der Waals surface area contributed by atoms with Crippen molar-refractivity contribution in [3.63, 3.8) is 0 Å². The van der Waals surface area contributed by atoms with Gasteiger partial charge in [-0.1, -0.05) is 78.3 Å². The Balaban J connectivity index is 1.53. The van der Waals surface area contributed by atoms with Gasteiger partial charge in [0.25, 0.3) is 0 Å². The van der Waals surface area contributed by atoms with E-state index in [2.05, 4.69) is 35.6 Å². The molecule has 0 unspecified atom stereocenters. The van der Waals surface area contributed by atoms with E-state index in [4.69, 9.17) is 21.1 Å². The van der Waals surface area contributed by atoms with Gasteiger partial charge < -0.3 is 14.8 Å². The highest BCUT2D eigenvalue weighted by Crippen LogP contribution is 2.35. The predicted octanol–water partition coefficient (Wildman–Crippen LogP) is 7.08. The Morgan fingerprint density at radius 2 is 1.53 bits per heavy atom. The van der Waals surface area contributed by atoms with Crippen LogP contribution < -0.4 is 14.8 Å². The predicted molar refractivity (Wildman–Crippen MR) is 125 cm³/mol. The molecule has 4 aromatic carbocycles. The summed E-state index contributed by atoms with van der Waals surface area (Å²) in [5.74, 6) is 1.35. The Kier molecular flexibility index (Phi) is 6.41. The number of halogens is 1. The normalized spacial score (nSPS) is 10.7. The maximum absolute atomic E-state index is 6.59. The molecule has 0 radical (unpaired) electrons. The number of ether oxygens (including phenoxy) is 2. The van der Waals surface area contributed by atoms with Gasteiger partial charge in [0.1, 0.15) is 6.61 Å². The molecule has 4 aromatic rings. The molecule has 152 valence electrons. The quantitative estimate of drug-likeness (QED) is 0.332. The van der Waals surface area contributed by atoms with Gasteiger partial charge >= 0.3 is 0 Å². The fraction of sp³-hybridized carbons (Fsp3) is 0.154. The maximum Gasteiger partial charge on any atom is 0.163 e. The molecule has 0 fully saturated rings. The first-order valence-corrected chi connectivity index (χ1v) is 10.5. The van der Waals surface area contributed by atoms with Gasteiger partial charge in [0, 0.05) is 28.7 Å². The van der Waals surface area contributed by atoms with Crippen LogP contribution in [0.1, 0.15) is 18.1 Å². The molecule has 4 heteroatoms. The largest absolute Gasteiger partial charge is 0.490 e. The highest BCUT2D eigenvalue weighted by atomic mass is 35.5. The van der Waals surface area contributed by atoms with Crippen molar-refractivity contribution in [2.45, 2.75) is 20.1 Å². The molecule has 0 heterocycles. The van der Waals surface area contributed by atoms with E-state index in [0.717, 1.165) is 16.8 Å². The molecule has 0 aliphatic heterocycles. The molecule has 0 saturated carbocycles. The zero-order chi connectivity index (χ0) is 20.8. The van der Waals surface area contributed by atoms with Crippen LogP contribution in [-0.4, -0.2) is 6.61 Å². The minimum absolute atomic E-state index is 0.463. The topological polar surface area (TPSA) is 30.5 Å². The minimum Gasteiger partial charge on any atom is -0.490 e. The molecule has 0 aliphatic rings. The smallest absolute Gasteiger partial charge is 0.163 e. The Hall–Kier alpha value is -3.17. The van der Waals surface area contributed by atoms with Gasteiger partial charge in [-0.25, -0.2) is 0 Å². The van der Waals surface area contributed by atoms with Crippen LogP contribution in [0.5, 0.6) is 11.5 Å². The Bertz CT molecular complexity index is 1120. The van der Waals surface area contributed by atoms with Crippen LogP contribution in [-0.2, 0) is 13.2 Å². The lowest BCUT2D eigenvalue weighted by Crippen LogP contribution is -2.04. The molecular formula is C26H24ClNO2. The summed E-state index contributed by atoms with van der Waals surface area (Å²) in [7, 11) is 0. The first-order valence-electron chi connectivity index (χ1n) is 10.1. The van der Waals surface area contributed by atoms with Gasteiger partial charge in [-0.05, 0) is 35.6 Å². The molecule has 0 saturated heterocycles. The number of nitrogens with one attached hydrogen (secondary N) is 1. The van der Waals surface area contributed by atoms with E-state index in [1.165, 1.54) is 10.8 Å². The molecule has 0 bridgehead atoms. The van der Waals surface area contributed by atoms with Crippen LogP contribution in [0.25, 0.3) is 10.8 Å². The fourth-order valence-corrected chi connectivity index (χ4v) is 3.62. The van der Waals surface area contributed by atoms with Gasteiger partial charge in [0.05, 0.1) is 6.61 Å². The summed E-state index contributed by atoms with van der Waals surface area (Å²) in [5, 5.41) is 6.54. The maximum atomic E-state index is 6.59. The molecule has 4 rings (SSSR count). The lowest BCUT2D eigenvalue weighted by atomic mass is 10.1. The highest BCUT2D eigenvalue weighted by Gasteiger charge is 2.12. The number of rotatable bonds is 8. The SMILES string of the molecule is CCOc1cc(CNc2cccc3ccccc23)c(Cl)cc1OCc1ccccc1. The molecule has 0 amide bonds. The second-order valence-electron chi connectivity index (χ2n) is 6.98. The van der Waals surface area contributed by atoms with Gasteiger partial charge in [0.2, 0.25) is 0 Å². The van der Waals surface area contributed by atoms with E-state index in [-0.39, 0.29) is 0 Å². The molecule has 3 nitrogen and oxygen atoms in total. The average molecular weight is 418 g/mol. The van der Waals surface area contributed by atoms with Gasteiger partial charge in [-0.2, -0.15) is 0 Å². The van der Waals surface area contributed by atoms with Crippen LogP contribution >= 0.6 is 11.6 Å². The van der Waals surface area contributed by atoms with E-state index in [0.29, 0.717) is 36.3 Å². The summed E-state index contributed by atoms with van der Waals surface area (Å²) in [6.07, 6.45) is 0. The fourth-order valence-electron chi connectivity index (χ4n) is 3.40. The van der Waals surface area contributed by atoms with Crippen molar-refractivity contribution in [3.05, 3.63) is 101 Å². The Morgan fingerprint density at radius 3 is 2.37 bits per heavy atom. The van der Waals surface area contributed by atoms with E-state index in [1.54, 1.807) is 0 Å². The summed E-state index contributed by atoms with van der Waals surface area (Å²) in [6, 6.07) is 28.4. The third-order valence-electron chi connectivity index (χ3n) is 4.91. The summed E-state index contributed by atoms with van der Waals surface area (Å²) in [4.78, 5) is 0. The van der Waals surface area contributed by atoms with Crippen LogP contribution in [0.15, 0.2) is 84.9 Å². The highest BCUT2D eigenvalue weighted by molar-refractivity contribution is 6.31. The zero-order valence-electron chi connectivity index (χ0n) is 16.9. The average Bonchev–Trinajstić information content (AvgIpc) is 2.79. The van der Waals surface area contributed by atoms with E-state index in [1.807, 2.05) is 61.5 Å². The number of hydrogen-bond donors (Lipinski definition) is 1. The third kappa shape index (κ3) is 4.69. The molecule has 30 heavy (non-hydrogen) atoms. The van der Waals surface area contributed by atoms with E-state index >= 15 is 0 Å². The van der Waals surface area contributed by atoms with Crippen molar-refractivity contribution < 1.29 is 9.47 Å². The lowest BCUT2D eigenvalue weighted by Gasteiger charge is -2.16. The van der Waals surface area contributed by atoms with Crippen LogP contribution in [0.3, 0.4) is 0 Å². The molecule has 1 N–H and O–H groups in total. The van der Waals surface area contributed by atoms with Crippen molar-refractivity contribution in [2.75, 3.05) is 11.9 Å². The van der Waals surface area contributed by atoms with Crippen molar-refractivity contribution in [2.24, 2.45) is 0 Å². The second kappa shape index (κ2) is 9.55. The van der Waals surface area contributed by atoms with E-state index in [9.17, 15) is 0 Å². The van der Waals surface area contributed by atoms with E-state index < -0.39 is 0 Å². The summed E-state index contributed by atoms with van der Waals surface area (Å²) < 4.78 is 11.8. The number of anilines is 1. The molecule has 0 atom stereocenters. The van der Waals surface area contributed by atoms with Crippen molar-refractivity contribution >= 4 is 28.1 Å². The second-order valence-corrected chi connectivity index (χ2v) is 7.39. The first-order chi connectivity index (χ1) is 14.7. The summed E-state index contributed by atoms with van der Waals surface area (Å²) in [5.41, 5.74) is 3.13. The van der Waals surface area contributed by atoms with Crippen molar-refractivity contribution in [3.8, 4) is 11.5 Å².